The average Bonchev–Trinajstić information content (AvgIpc) is 2.74. The predicted octanol–water partition coefficient (Wildman–Crippen LogP) is 2.94. The van der Waals surface area contributed by atoms with Crippen LogP contribution in [0.2, 0.25) is 5.02 Å². The van der Waals surface area contributed by atoms with Crippen molar-refractivity contribution >= 4 is 54.0 Å². The lowest BCUT2D eigenvalue weighted by Gasteiger charge is -2.38. The van der Waals surface area contributed by atoms with Crippen molar-refractivity contribution in [2.24, 2.45) is 5.73 Å². The Morgan fingerprint density at radius 1 is 1.19 bits per heavy atom. The van der Waals surface area contributed by atoms with E-state index >= 15 is 0 Å². The van der Waals surface area contributed by atoms with E-state index in [9.17, 15) is 4.79 Å². The third-order valence-corrected chi connectivity index (χ3v) is 5.96. The van der Waals surface area contributed by atoms with Crippen molar-refractivity contribution in [3.05, 3.63) is 46.7 Å². The third kappa shape index (κ3) is 5.92. The summed E-state index contributed by atoms with van der Waals surface area (Å²) in [6.45, 7) is 4.96. The molecular weight excluding hydrogens is 459 g/mol. The SMILES string of the molecule is C[C@@H]1CCc2c(ncnc2N2CCN(C(=O)[C@H](N)Cc3ccc(Cl)cc3)CC2)N1.Cl.Cl. The minimum Gasteiger partial charge on any atom is -0.367 e. The summed E-state index contributed by atoms with van der Waals surface area (Å²) in [5, 5.41) is 4.12. The van der Waals surface area contributed by atoms with Crippen molar-refractivity contribution in [1.29, 1.82) is 0 Å². The number of hydrogen-bond acceptors (Lipinski definition) is 6. The fourth-order valence-corrected chi connectivity index (χ4v) is 4.16. The van der Waals surface area contributed by atoms with Gasteiger partial charge in [0.2, 0.25) is 5.91 Å². The molecule has 0 unspecified atom stereocenters. The first-order chi connectivity index (χ1) is 14.0. The Balaban J connectivity index is 0.00000171. The van der Waals surface area contributed by atoms with Crippen molar-refractivity contribution in [3.8, 4) is 0 Å². The number of nitrogens with two attached hydrogens (primary N) is 1. The van der Waals surface area contributed by atoms with Gasteiger partial charge in [-0.15, -0.1) is 24.8 Å². The molecule has 0 spiro atoms. The molecule has 7 nitrogen and oxygen atoms in total. The number of fused-ring (bicyclic) bond motifs is 1. The molecule has 3 heterocycles. The number of aromatic nitrogens is 2. The van der Waals surface area contributed by atoms with Gasteiger partial charge in [0.25, 0.3) is 0 Å². The summed E-state index contributed by atoms with van der Waals surface area (Å²) in [7, 11) is 0. The zero-order chi connectivity index (χ0) is 20.4. The summed E-state index contributed by atoms with van der Waals surface area (Å²) in [6.07, 6.45) is 4.19. The number of nitrogens with one attached hydrogen (secondary N) is 1. The van der Waals surface area contributed by atoms with Crippen LogP contribution in [-0.2, 0) is 17.6 Å². The van der Waals surface area contributed by atoms with E-state index in [0.717, 1.165) is 43.1 Å². The predicted molar refractivity (Wildman–Crippen MR) is 130 cm³/mol. The van der Waals surface area contributed by atoms with Crippen LogP contribution in [0.15, 0.2) is 30.6 Å². The van der Waals surface area contributed by atoms with Crippen LogP contribution in [0.4, 0.5) is 11.6 Å². The topological polar surface area (TPSA) is 87.4 Å². The van der Waals surface area contributed by atoms with Gasteiger partial charge in [-0.05, 0) is 43.9 Å². The molecule has 2 aliphatic rings. The minimum absolute atomic E-state index is 0. The maximum atomic E-state index is 12.8. The summed E-state index contributed by atoms with van der Waals surface area (Å²) in [5.41, 5.74) is 8.40. The lowest BCUT2D eigenvalue weighted by atomic mass is 10.0. The molecule has 1 amide bonds. The molecule has 10 heteroatoms. The largest absolute Gasteiger partial charge is 0.367 e. The van der Waals surface area contributed by atoms with E-state index in [2.05, 4.69) is 27.1 Å². The van der Waals surface area contributed by atoms with Gasteiger partial charge in [0.1, 0.15) is 18.0 Å². The first kappa shape index (κ1) is 25.5. The van der Waals surface area contributed by atoms with Crippen LogP contribution in [0.5, 0.6) is 0 Å². The van der Waals surface area contributed by atoms with Crippen LogP contribution in [0, 0.1) is 0 Å². The molecule has 1 fully saturated rings. The fourth-order valence-electron chi connectivity index (χ4n) is 4.03. The number of carbonyl (C=O) groups excluding carboxylic acids is 1. The Labute approximate surface area is 200 Å². The second-order valence-electron chi connectivity index (χ2n) is 7.86. The first-order valence-corrected chi connectivity index (χ1v) is 10.5. The van der Waals surface area contributed by atoms with Crippen LogP contribution in [0.25, 0.3) is 0 Å². The van der Waals surface area contributed by atoms with E-state index in [0.29, 0.717) is 30.6 Å². The van der Waals surface area contributed by atoms with Gasteiger partial charge >= 0.3 is 0 Å². The van der Waals surface area contributed by atoms with Crippen LogP contribution in [0.3, 0.4) is 0 Å². The van der Waals surface area contributed by atoms with Crippen LogP contribution < -0.4 is 16.0 Å². The smallest absolute Gasteiger partial charge is 0.239 e. The van der Waals surface area contributed by atoms with Crippen molar-refractivity contribution in [1.82, 2.24) is 14.9 Å². The van der Waals surface area contributed by atoms with E-state index in [1.807, 2.05) is 29.2 Å². The minimum atomic E-state index is -0.541. The second-order valence-corrected chi connectivity index (χ2v) is 8.29. The number of anilines is 2. The van der Waals surface area contributed by atoms with E-state index in [4.69, 9.17) is 17.3 Å². The van der Waals surface area contributed by atoms with E-state index in [1.54, 1.807) is 6.33 Å². The molecule has 0 radical (unpaired) electrons. The Morgan fingerprint density at radius 2 is 1.87 bits per heavy atom. The van der Waals surface area contributed by atoms with Crippen LogP contribution in [-0.4, -0.2) is 59.0 Å². The number of piperazine rings is 1. The molecule has 2 aromatic rings. The molecule has 3 N–H and O–H groups in total. The number of amides is 1. The number of nitrogens with zero attached hydrogens (tertiary/aromatic N) is 4. The van der Waals surface area contributed by atoms with Gasteiger partial charge in [-0.3, -0.25) is 4.79 Å². The maximum Gasteiger partial charge on any atom is 0.239 e. The molecule has 31 heavy (non-hydrogen) atoms. The fraction of sp³-hybridized carbons (Fsp3) is 0.476. The van der Waals surface area contributed by atoms with Crippen LogP contribution >= 0.6 is 36.4 Å². The second kappa shape index (κ2) is 11.2. The van der Waals surface area contributed by atoms with Crippen molar-refractivity contribution < 1.29 is 4.79 Å². The van der Waals surface area contributed by atoms with Gasteiger partial charge in [0.15, 0.2) is 0 Å². The Hall–Kier alpha value is -1.80. The van der Waals surface area contributed by atoms with Gasteiger partial charge in [0.05, 0.1) is 6.04 Å². The van der Waals surface area contributed by atoms with Crippen molar-refractivity contribution in [2.45, 2.75) is 38.3 Å². The molecule has 0 aliphatic carbocycles. The van der Waals surface area contributed by atoms with Gasteiger partial charge < -0.3 is 20.9 Å². The molecule has 1 aromatic heterocycles. The van der Waals surface area contributed by atoms with E-state index in [1.165, 1.54) is 5.56 Å². The standard InChI is InChI=1S/C21H27ClN6O.2ClH/c1-14-2-7-17-19(26-14)24-13-25-20(17)27-8-10-28(11-9-27)21(29)18(23)12-15-3-5-16(22)6-4-15;;/h3-6,13-14,18H,2,7-12,23H2,1H3,(H,24,25,26);2*1H/t14-,18-;;/m1../s1. The zero-order valence-electron chi connectivity index (χ0n) is 17.5. The number of halogens is 3. The quantitative estimate of drug-likeness (QED) is 0.689. The maximum absolute atomic E-state index is 12.8. The molecule has 4 rings (SSSR count). The Bertz CT molecular complexity index is 874. The highest BCUT2D eigenvalue weighted by molar-refractivity contribution is 6.30. The van der Waals surface area contributed by atoms with Crippen molar-refractivity contribution in [2.75, 3.05) is 36.4 Å². The lowest BCUT2D eigenvalue weighted by Crippen LogP contribution is -2.54. The van der Waals surface area contributed by atoms with E-state index < -0.39 is 6.04 Å². The van der Waals surface area contributed by atoms with Crippen LogP contribution in [0.1, 0.15) is 24.5 Å². The van der Waals surface area contributed by atoms with Crippen molar-refractivity contribution in [3.63, 3.8) is 0 Å². The summed E-state index contributed by atoms with van der Waals surface area (Å²) < 4.78 is 0. The van der Waals surface area contributed by atoms with E-state index in [-0.39, 0.29) is 30.7 Å². The normalized spacial score (nSPS) is 18.7. The number of hydrogen-bond donors (Lipinski definition) is 2. The number of benzene rings is 1. The van der Waals surface area contributed by atoms with Gasteiger partial charge in [-0.25, -0.2) is 9.97 Å². The summed E-state index contributed by atoms with van der Waals surface area (Å²) in [5.74, 6) is 1.93. The van der Waals surface area contributed by atoms with Gasteiger partial charge in [0, 0.05) is 42.8 Å². The zero-order valence-corrected chi connectivity index (χ0v) is 19.8. The average molecular weight is 488 g/mol. The highest BCUT2D eigenvalue weighted by Crippen LogP contribution is 2.30. The molecule has 1 saturated heterocycles. The van der Waals surface area contributed by atoms with Gasteiger partial charge in [-0.2, -0.15) is 0 Å². The summed E-state index contributed by atoms with van der Waals surface area (Å²) >= 11 is 5.92. The molecule has 0 saturated carbocycles. The molecule has 2 atom stereocenters. The summed E-state index contributed by atoms with van der Waals surface area (Å²) in [6, 6.07) is 7.37. The monoisotopic (exact) mass is 486 g/mol. The lowest BCUT2D eigenvalue weighted by molar-refractivity contribution is -0.132. The summed E-state index contributed by atoms with van der Waals surface area (Å²) in [4.78, 5) is 25.9. The Morgan fingerprint density at radius 3 is 2.55 bits per heavy atom. The molecule has 1 aromatic carbocycles. The highest BCUT2D eigenvalue weighted by Gasteiger charge is 2.28. The highest BCUT2D eigenvalue weighted by atomic mass is 35.5. The van der Waals surface area contributed by atoms with Gasteiger partial charge in [-0.1, -0.05) is 23.7 Å². The molecule has 170 valence electrons. The molecule has 2 aliphatic heterocycles. The first-order valence-electron chi connectivity index (χ1n) is 10.2. The molecule has 0 bridgehead atoms. The number of rotatable bonds is 4. The Kier molecular flexibility index (Phi) is 9.18. The number of carbonyl (C=O) groups is 1. The molecular formula is C21H29Cl3N6O. The third-order valence-electron chi connectivity index (χ3n) is 5.71.